The van der Waals surface area contributed by atoms with Crippen molar-refractivity contribution in [1.29, 1.82) is 0 Å². The van der Waals surface area contributed by atoms with Crippen molar-refractivity contribution in [3.05, 3.63) is 39.3 Å². The number of thiophene rings is 1. The highest BCUT2D eigenvalue weighted by atomic mass is 32.1. The summed E-state index contributed by atoms with van der Waals surface area (Å²) in [6.07, 6.45) is 3.37. The minimum atomic E-state index is -0.307. The van der Waals surface area contributed by atoms with Gasteiger partial charge >= 0.3 is 0 Å². The highest BCUT2D eigenvalue weighted by Crippen LogP contribution is 2.35. The zero-order valence-electron chi connectivity index (χ0n) is 14.2. The standard InChI is InChI=1S/C17H22N4O2S/c1-11-7-13(24-9-11)16(23)21-6-4-5-17(2,10-21)14-12(8-19-20-14)15(22)18-3/h7-9H,4-6,10H2,1-3H3,(H,18,22)(H,19,20)/t17-/m0/s1. The molecule has 1 fully saturated rings. The van der Waals surface area contributed by atoms with Gasteiger partial charge in [0.1, 0.15) is 0 Å². The fraction of sp³-hybridized carbons (Fsp3) is 0.471. The van der Waals surface area contributed by atoms with Gasteiger partial charge in [-0.25, -0.2) is 0 Å². The lowest BCUT2D eigenvalue weighted by Crippen LogP contribution is -2.47. The number of carbonyl (C=O) groups is 2. The molecule has 0 radical (unpaired) electrons. The Morgan fingerprint density at radius 1 is 1.46 bits per heavy atom. The lowest BCUT2D eigenvalue weighted by molar-refractivity contribution is 0.0651. The molecule has 0 saturated carbocycles. The van der Waals surface area contributed by atoms with Crippen LogP contribution in [0.25, 0.3) is 0 Å². The highest BCUT2D eigenvalue weighted by Gasteiger charge is 2.38. The Bertz CT molecular complexity index is 766. The van der Waals surface area contributed by atoms with Gasteiger partial charge in [0.05, 0.1) is 22.3 Å². The molecule has 3 rings (SSSR count). The lowest BCUT2D eigenvalue weighted by atomic mass is 9.77. The number of hydrogen-bond donors (Lipinski definition) is 2. The predicted octanol–water partition coefficient (Wildman–Crippen LogP) is 2.33. The summed E-state index contributed by atoms with van der Waals surface area (Å²) in [6.45, 7) is 5.41. The average molecular weight is 346 g/mol. The van der Waals surface area contributed by atoms with E-state index in [1.807, 2.05) is 23.3 Å². The Morgan fingerprint density at radius 3 is 2.92 bits per heavy atom. The van der Waals surface area contributed by atoms with Crippen LogP contribution in [0.3, 0.4) is 0 Å². The van der Waals surface area contributed by atoms with Crippen molar-refractivity contribution in [2.24, 2.45) is 0 Å². The number of piperidine rings is 1. The fourth-order valence-electron chi connectivity index (χ4n) is 3.37. The second-order valence-corrected chi connectivity index (χ2v) is 7.53. The zero-order valence-corrected chi connectivity index (χ0v) is 15.0. The second kappa shape index (κ2) is 6.39. The third-order valence-corrected chi connectivity index (χ3v) is 5.68. The van der Waals surface area contributed by atoms with E-state index in [2.05, 4.69) is 22.4 Å². The summed E-state index contributed by atoms with van der Waals surface area (Å²) in [7, 11) is 1.61. The van der Waals surface area contributed by atoms with Crippen LogP contribution in [0.1, 0.15) is 51.1 Å². The Labute approximate surface area is 145 Å². The molecule has 128 valence electrons. The van der Waals surface area contributed by atoms with E-state index in [1.165, 1.54) is 11.3 Å². The topological polar surface area (TPSA) is 78.1 Å². The third-order valence-electron chi connectivity index (χ3n) is 4.64. The first-order valence-corrected chi connectivity index (χ1v) is 8.93. The van der Waals surface area contributed by atoms with E-state index in [0.717, 1.165) is 35.5 Å². The number of aromatic nitrogens is 2. The number of nitrogens with one attached hydrogen (secondary N) is 2. The van der Waals surface area contributed by atoms with Crippen molar-refractivity contribution in [2.45, 2.75) is 32.1 Å². The minimum absolute atomic E-state index is 0.0695. The summed E-state index contributed by atoms with van der Waals surface area (Å²) in [5.41, 5.74) is 2.17. The van der Waals surface area contributed by atoms with Crippen molar-refractivity contribution in [3.8, 4) is 0 Å². The molecular weight excluding hydrogens is 324 g/mol. The first-order valence-electron chi connectivity index (χ1n) is 8.05. The normalized spacial score (nSPS) is 20.9. The van der Waals surface area contributed by atoms with Crippen LogP contribution in [0.5, 0.6) is 0 Å². The van der Waals surface area contributed by atoms with Crippen molar-refractivity contribution in [1.82, 2.24) is 20.4 Å². The molecule has 7 heteroatoms. The summed E-state index contributed by atoms with van der Waals surface area (Å²) in [5, 5.41) is 11.7. The SMILES string of the molecule is CNC(=O)c1cn[nH]c1[C@@]1(C)CCCN(C(=O)c2cc(C)cs2)C1. The molecule has 0 unspecified atom stereocenters. The molecule has 6 nitrogen and oxygen atoms in total. The number of H-pyrrole nitrogens is 1. The molecule has 0 aromatic carbocycles. The van der Waals surface area contributed by atoms with Crippen molar-refractivity contribution < 1.29 is 9.59 Å². The molecule has 3 heterocycles. The van der Waals surface area contributed by atoms with Crippen molar-refractivity contribution >= 4 is 23.2 Å². The van der Waals surface area contributed by atoms with Crippen LogP contribution >= 0.6 is 11.3 Å². The summed E-state index contributed by atoms with van der Waals surface area (Å²) < 4.78 is 0. The Kier molecular flexibility index (Phi) is 4.45. The van der Waals surface area contributed by atoms with Gasteiger partial charge in [-0.3, -0.25) is 14.7 Å². The predicted molar refractivity (Wildman–Crippen MR) is 93.5 cm³/mol. The van der Waals surface area contributed by atoms with Crippen LogP contribution < -0.4 is 5.32 Å². The molecule has 1 atom stereocenters. The molecular formula is C17H22N4O2S. The van der Waals surface area contributed by atoms with Gasteiger partial charge in [-0.1, -0.05) is 6.92 Å². The molecule has 0 spiro atoms. The Balaban J connectivity index is 1.86. The number of hydrogen-bond acceptors (Lipinski definition) is 4. The van der Waals surface area contributed by atoms with Crippen LogP contribution in [0.15, 0.2) is 17.6 Å². The molecule has 1 saturated heterocycles. The quantitative estimate of drug-likeness (QED) is 0.895. The molecule has 1 aliphatic heterocycles. The summed E-state index contributed by atoms with van der Waals surface area (Å²) in [6, 6.07) is 1.94. The van der Waals surface area contributed by atoms with Gasteiger partial charge in [0.2, 0.25) is 0 Å². The Hall–Kier alpha value is -2.15. The van der Waals surface area contributed by atoms with E-state index in [9.17, 15) is 9.59 Å². The van der Waals surface area contributed by atoms with Crippen LogP contribution in [0.4, 0.5) is 0 Å². The highest BCUT2D eigenvalue weighted by molar-refractivity contribution is 7.12. The average Bonchev–Trinajstić information content (AvgIpc) is 3.22. The van der Waals surface area contributed by atoms with Gasteiger partial charge in [0, 0.05) is 25.6 Å². The van der Waals surface area contributed by atoms with Gasteiger partial charge < -0.3 is 10.2 Å². The van der Waals surface area contributed by atoms with Crippen molar-refractivity contribution in [3.63, 3.8) is 0 Å². The summed E-state index contributed by atoms with van der Waals surface area (Å²) >= 11 is 1.49. The van der Waals surface area contributed by atoms with E-state index in [1.54, 1.807) is 13.2 Å². The summed E-state index contributed by atoms with van der Waals surface area (Å²) in [5.74, 6) is -0.0858. The number of likely N-dealkylation sites (tertiary alicyclic amines) is 1. The second-order valence-electron chi connectivity index (χ2n) is 6.62. The molecule has 2 amide bonds. The number of amides is 2. The molecule has 24 heavy (non-hydrogen) atoms. The number of rotatable bonds is 3. The van der Waals surface area contributed by atoms with Gasteiger partial charge in [0.15, 0.2) is 0 Å². The van der Waals surface area contributed by atoms with Crippen molar-refractivity contribution in [2.75, 3.05) is 20.1 Å². The molecule has 2 N–H and O–H groups in total. The van der Waals surface area contributed by atoms with Crippen LogP contribution in [-0.2, 0) is 5.41 Å². The lowest BCUT2D eigenvalue weighted by Gasteiger charge is -2.40. The number of aromatic amines is 1. The number of carbonyl (C=O) groups excluding carboxylic acids is 2. The monoisotopic (exact) mass is 346 g/mol. The smallest absolute Gasteiger partial charge is 0.263 e. The van der Waals surface area contributed by atoms with Crippen LogP contribution in [-0.4, -0.2) is 47.0 Å². The maximum Gasteiger partial charge on any atom is 0.263 e. The Morgan fingerprint density at radius 2 is 2.25 bits per heavy atom. The zero-order chi connectivity index (χ0) is 17.3. The van der Waals surface area contributed by atoms with E-state index in [4.69, 9.17) is 0 Å². The van der Waals surface area contributed by atoms with E-state index in [0.29, 0.717) is 12.1 Å². The van der Waals surface area contributed by atoms with Gasteiger partial charge in [-0.15, -0.1) is 11.3 Å². The van der Waals surface area contributed by atoms with Gasteiger partial charge in [-0.2, -0.15) is 5.10 Å². The van der Waals surface area contributed by atoms with E-state index < -0.39 is 0 Å². The molecule has 2 aromatic heterocycles. The number of nitrogens with zero attached hydrogens (tertiary/aromatic N) is 2. The fourth-order valence-corrected chi connectivity index (χ4v) is 4.23. The first kappa shape index (κ1) is 16.7. The maximum absolute atomic E-state index is 12.8. The van der Waals surface area contributed by atoms with Gasteiger partial charge in [-0.05, 0) is 36.8 Å². The first-order chi connectivity index (χ1) is 11.4. The third kappa shape index (κ3) is 2.96. The largest absolute Gasteiger partial charge is 0.355 e. The molecule has 0 aliphatic carbocycles. The summed E-state index contributed by atoms with van der Waals surface area (Å²) in [4.78, 5) is 27.5. The minimum Gasteiger partial charge on any atom is -0.355 e. The molecule has 0 bridgehead atoms. The molecule has 1 aliphatic rings. The van der Waals surface area contributed by atoms with Crippen LogP contribution in [0, 0.1) is 6.92 Å². The van der Waals surface area contributed by atoms with E-state index in [-0.39, 0.29) is 17.2 Å². The molecule has 2 aromatic rings. The van der Waals surface area contributed by atoms with Gasteiger partial charge in [0.25, 0.3) is 11.8 Å². The number of aryl methyl sites for hydroxylation is 1. The maximum atomic E-state index is 12.8. The van der Waals surface area contributed by atoms with E-state index >= 15 is 0 Å². The van der Waals surface area contributed by atoms with Crippen LogP contribution in [0.2, 0.25) is 0 Å².